The van der Waals surface area contributed by atoms with E-state index in [1.54, 1.807) is 0 Å². The summed E-state index contributed by atoms with van der Waals surface area (Å²) in [5.41, 5.74) is 0. The van der Waals surface area contributed by atoms with Crippen LogP contribution in [0.15, 0.2) is 0 Å². The lowest BCUT2D eigenvalue weighted by Gasteiger charge is -2.14. The Hall–Kier alpha value is 0.500. The molecule has 0 amide bonds. The average Bonchev–Trinajstić information content (AvgIpc) is 1.88. The molecule has 5 heteroatoms. The quantitative estimate of drug-likeness (QED) is 0.615. The highest BCUT2D eigenvalue weighted by Crippen LogP contribution is 2.60. The van der Waals surface area contributed by atoms with Gasteiger partial charge in [0, 0.05) is 5.75 Å². The third-order valence-electron chi connectivity index (χ3n) is 0.862. The first kappa shape index (κ1) is 11.5. The zero-order chi connectivity index (χ0) is 8.74. The monoisotopic (exact) mass is 198 g/mol. The summed E-state index contributed by atoms with van der Waals surface area (Å²) in [6, 6.07) is 0. The second-order valence-electron chi connectivity index (χ2n) is 1.70. The van der Waals surface area contributed by atoms with Gasteiger partial charge in [-0.2, -0.15) is 0 Å². The number of hydrogen-bond donors (Lipinski definition) is 0. The van der Waals surface area contributed by atoms with Gasteiger partial charge in [-0.1, -0.05) is 6.92 Å². The Morgan fingerprint density at radius 3 is 1.91 bits per heavy atom. The van der Waals surface area contributed by atoms with Crippen LogP contribution in [-0.4, -0.2) is 19.0 Å². The van der Waals surface area contributed by atoms with Crippen molar-refractivity contribution in [2.75, 3.05) is 19.0 Å². The number of rotatable bonds is 6. The van der Waals surface area contributed by atoms with Gasteiger partial charge in [-0.3, -0.25) is 0 Å². The summed E-state index contributed by atoms with van der Waals surface area (Å²) < 4.78 is 21.5. The van der Waals surface area contributed by atoms with Gasteiger partial charge in [0.05, 0.1) is 13.2 Å². The Morgan fingerprint density at radius 2 is 1.64 bits per heavy atom. The lowest BCUT2D eigenvalue weighted by molar-refractivity contribution is 0.237. The van der Waals surface area contributed by atoms with Gasteiger partial charge in [0.25, 0.3) is 0 Å². The molecule has 0 aromatic heterocycles. The third-order valence-corrected chi connectivity index (χ3v) is 4.94. The second kappa shape index (κ2) is 6.06. The average molecular weight is 198 g/mol. The molecular weight excluding hydrogens is 183 g/mol. The molecule has 0 aromatic rings. The minimum Gasteiger partial charge on any atom is -0.301 e. The first-order chi connectivity index (χ1) is 5.18. The Morgan fingerprint density at radius 1 is 1.18 bits per heavy atom. The van der Waals surface area contributed by atoms with Gasteiger partial charge >= 0.3 is 6.80 Å². The van der Waals surface area contributed by atoms with Crippen molar-refractivity contribution in [3.05, 3.63) is 0 Å². The normalized spacial score (nSPS) is 11.9. The summed E-state index contributed by atoms with van der Waals surface area (Å²) in [4.78, 5) is 0. The van der Waals surface area contributed by atoms with E-state index in [0.29, 0.717) is 13.2 Å². The summed E-state index contributed by atoms with van der Waals surface area (Å²) in [7, 11) is 0. The number of hydrogen-bond acceptors (Lipinski definition) is 4. The van der Waals surface area contributed by atoms with Crippen LogP contribution >= 0.6 is 18.2 Å². The van der Waals surface area contributed by atoms with E-state index in [2.05, 4.69) is 0 Å². The van der Waals surface area contributed by atoms with Crippen molar-refractivity contribution in [2.24, 2.45) is 0 Å². The maximum atomic E-state index is 11.5. The smallest absolute Gasteiger partial charge is 0.301 e. The molecule has 0 saturated heterocycles. The van der Waals surface area contributed by atoms with Crippen LogP contribution in [0.1, 0.15) is 20.8 Å². The third kappa shape index (κ3) is 4.86. The molecule has 11 heavy (non-hydrogen) atoms. The van der Waals surface area contributed by atoms with Gasteiger partial charge in [0.15, 0.2) is 0 Å². The van der Waals surface area contributed by atoms with Crippen molar-refractivity contribution in [2.45, 2.75) is 20.8 Å². The van der Waals surface area contributed by atoms with Crippen molar-refractivity contribution in [3.63, 3.8) is 0 Å². The highest BCUT2D eigenvalue weighted by Gasteiger charge is 2.22. The van der Waals surface area contributed by atoms with E-state index in [0.717, 1.165) is 5.75 Å². The maximum Gasteiger partial charge on any atom is 0.389 e. The van der Waals surface area contributed by atoms with Crippen molar-refractivity contribution < 1.29 is 13.6 Å². The molecule has 0 atom stereocenters. The molecule has 0 fully saturated rings. The topological polar surface area (TPSA) is 35.5 Å². The van der Waals surface area contributed by atoms with E-state index in [1.807, 2.05) is 20.8 Å². The molecule has 0 aliphatic carbocycles. The van der Waals surface area contributed by atoms with Crippen LogP contribution in [0.2, 0.25) is 0 Å². The predicted molar refractivity (Wildman–Crippen MR) is 49.0 cm³/mol. The van der Waals surface area contributed by atoms with Crippen molar-refractivity contribution in [3.8, 4) is 0 Å². The summed E-state index contributed by atoms with van der Waals surface area (Å²) in [5.74, 6) is 0.747. The van der Waals surface area contributed by atoms with Crippen LogP contribution in [0.4, 0.5) is 0 Å². The Labute approximate surface area is 72.1 Å². The Balaban J connectivity index is 3.91. The zero-order valence-electron chi connectivity index (χ0n) is 7.20. The van der Waals surface area contributed by atoms with Crippen LogP contribution in [0.25, 0.3) is 0 Å². The summed E-state index contributed by atoms with van der Waals surface area (Å²) in [6.45, 7) is 3.61. The largest absolute Gasteiger partial charge is 0.389 e. The first-order valence-electron chi connectivity index (χ1n) is 3.72. The maximum absolute atomic E-state index is 11.5. The van der Waals surface area contributed by atoms with E-state index >= 15 is 0 Å². The Kier molecular flexibility index (Phi) is 6.34. The van der Waals surface area contributed by atoms with Crippen LogP contribution in [0.5, 0.6) is 0 Å². The lowest BCUT2D eigenvalue weighted by Crippen LogP contribution is -1.92. The molecule has 0 saturated carbocycles. The minimum absolute atomic E-state index is 0.435. The van der Waals surface area contributed by atoms with Gasteiger partial charge in [-0.05, 0) is 25.2 Å². The summed E-state index contributed by atoms with van der Waals surface area (Å²) in [6.07, 6.45) is 0. The highest BCUT2D eigenvalue weighted by molar-refractivity contribution is 8.55. The Bertz CT molecular complexity index is 116. The van der Waals surface area contributed by atoms with Crippen LogP contribution < -0.4 is 0 Å². The second-order valence-corrected chi connectivity index (χ2v) is 6.06. The molecule has 0 unspecified atom stereocenters. The molecule has 0 radical (unpaired) electrons. The van der Waals surface area contributed by atoms with Gasteiger partial charge < -0.3 is 9.05 Å². The van der Waals surface area contributed by atoms with Crippen molar-refractivity contribution >= 4 is 18.2 Å². The van der Waals surface area contributed by atoms with Gasteiger partial charge in [0.2, 0.25) is 0 Å². The first-order valence-corrected chi connectivity index (χ1v) is 6.85. The molecule has 68 valence electrons. The van der Waals surface area contributed by atoms with Crippen LogP contribution in [0.3, 0.4) is 0 Å². The molecule has 3 nitrogen and oxygen atoms in total. The van der Waals surface area contributed by atoms with Gasteiger partial charge in [-0.15, -0.1) is 0 Å². The van der Waals surface area contributed by atoms with E-state index in [4.69, 9.17) is 9.05 Å². The standard InChI is InChI=1S/C6H15O3PS/c1-4-8-10(7,9-5-2)11-6-3/h4-6H2,1-3H3. The fourth-order valence-corrected chi connectivity index (χ4v) is 3.79. The zero-order valence-corrected chi connectivity index (χ0v) is 8.91. The summed E-state index contributed by atoms with van der Waals surface area (Å²) in [5, 5.41) is 0. The fourth-order valence-electron chi connectivity index (χ4n) is 0.586. The molecular formula is C6H15O3PS. The van der Waals surface area contributed by atoms with Crippen LogP contribution in [-0.2, 0) is 13.6 Å². The predicted octanol–water partition coefficient (Wildman–Crippen LogP) is 2.92. The molecule has 0 heterocycles. The fraction of sp³-hybridized carbons (Fsp3) is 1.00. The van der Waals surface area contributed by atoms with E-state index in [1.165, 1.54) is 11.4 Å². The molecule has 0 rings (SSSR count). The molecule has 0 aliphatic rings. The SMILES string of the molecule is CCOP(=O)(OCC)SCC. The van der Waals surface area contributed by atoms with E-state index in [9.17, 15) is 4.57 Å². The molecule has 0 N–H and O–H groups in total. The minimum atomic E-state index is -2.80. The van der Waals surface area contributed by atoms with E-state index < -0.39 is 6.80 Å². The van der Waals surface area contributed by atoms with E-state index in [-0.39, 0.29) is 0 Å². The summed E-state index contributed by atoms with van der Waals surface area (Å²) >= 11 is 1.24. The van der Waals surface area contributed by atoms with Crippen molar-refractivity contribution in [1.29, 1.82) is 0 Å². The molecule has 0 aliphatic heterocycles. The molecule has 0 spiro atoms. The highest BCUT2D eigenvalue weighted by atomic mass is 32.7. The van der Waals surface area contributed by atoms with Gasteiger partial charge in [0.1, 0.15) is 0 Å². The van der Waals surface area contributed by atoms with Crippen LogP contribution in [0, 0.1) is 0 Å². The lowest BCUT2D eigenvalue weighted by atomic mass is 10.9. The molecule has 0 bridgehead atoms. The molecule has 0 aromatic carbocycles. The van der Waals surface area contributed by atoms with Crippen molar-refractivity contribution in [1.82, 2.24) is 0 Å². The van der Waals surface area contributed by atoms with Gasteiger partial charge in [-0.25, -0.2) is 4.57 Å².